The van der Waals surface area contributed by atoms with Crippen molar-refractivity contribution in [2.45, 2.75) is 57.8 Å². The number of hydrogen-bond donors (Lipinski definition) is 1. The van der Waals surface area contributed by atoms with Crippen LogP contribution in [0.5, 0.6) is 6.01 Å². The zero-order valence-electron chi connectivity index (χ0n) is 29.4. The number of ether oxygens (including phenoxy) is 1. The van der Waals surface area contributed by atoms with Gasteiger partial charge in [0.25, 0.3) is 0 Å². The number of benzene rings is 2. The molecule has 3 fully saturated rings. The fraction of sp³-hybridized carbons (Fsp3) is 0.513. The number of halogens is 5. The third-order valence-electron chi connectivity index (χ3n) is 11.4. The standard InChI is InChI=1S/C39H42F5N7O/c1-4-25-27(40)10-9-24-7-6-8-26(30(24)25)33-32(41)34-31-29(46-33)19-23(3)35-28(5-2)45-13-14-51(35)36(31)48-37(47-34)52-22-38(11-12-38)20-49-15-17-50(18-16-49)21-39(42,43)44/h1,6-10,23,28,35,45H,5,11-22H2,2-3H3/t23-,28-,35-/m0/s1. The second-order valence-electron chi connectivity index (χ2n) is 15.0. The molecule has 0 spiro atoms. The van der Waals surface area contributed by atoms with Crippen LogP contribution in [0.1, 0.15) is 44.4 Å². The van der Waals surface area contributed by atoms with Crippen LogP contribution in [0.4, 0.5) is 27.8 Å². The number of alkyl halides is 3. The highest BCUT2D eigenvalue weighted by molar-refractivity contribution is 6.02. The van der Waals surface area contributed by atoms with Crippen molar-refractivity contribution in [2.75, 3.05) is 63.9 Å². The lowest BCUT2D eigenvalue weighted by atomic mass is 9.87. The first-order valence-electron chi connectivity index (χ1n) is 18.2. The first-order chi connectivity index (χ1) is 25.0. The van der Waals surface area contributed by atoms with Gasteiger partial charge in [0, 0.05) is 74.3 Å². The van der Waals surface area contributed by atoms with Crippen LogP contribution in [0.15, 0.2) is 30.3 Å². The Morgan fingerprint density at radius 3 is 2.48 bits per heavy atom. The Labute approximate surface area is 299 Å². The Morgan fingerprint density at radius 2 is 1.77 bits per heavy atom. The lowest BCUT2D eigenvalue weighted by molar-refractivity contribution is -0.149. The molecular formula is C39H42F5N7O. The third-order valence-corrected chi connectivity index (χ3v) is 11.4. The highest BCUT2D eigenvalue weighted by atomic mass is 19.4. The fourth-order valence-corrected chi connectivity index (χ4v) is 8.69. The largest absolute Gasteiger partial charge is 0.463 e. The number of nitrogens with zero attached hydrogens (tertiary/aromatic N) is 6. The van der Waals surface area contributed by atoms with Crippen LogP contribution < -0.4 is 15.0 Å². The number of piperazine rings is 2. The average molecular weight is 720 g/mol. The van der Waals surface area contributed by atoms with Gasteiger partial charge in [0.1, 0.15) is 22.8 Å². The normalized spacial score (nSPS) is 23.3. The van der Waals surface area contributed by atoms with E-state index in [0.29, 0.717) is 85.5 Å². The average Bonchev–Trinajstić information content (AvgIpc) is 3.91. The molecule has 5 heterocycles. The molecular weight excluding hydrogens is 677 g/mol. The van der Waals surface area contributed by atoms with Crippen LogP contribution >= 0.6 is 0 Å². The van der Waals surface area contributed by atoms with Crippen LogP contribution in [0.25, 0.3) is 32.9 Å². The first kappa shape index (κ1) is 34.9. The van der Waals surface area contributed by atoms with Crippen LogP contribution in [-0.4, -0.2) is 102 Å². The van der Waals surface area contributed by atoms with Crippen LogP contribution in [0.3, 0.4) is 0 Å². The van der Waals surface area contributed by atoms with E-state index in [1.807, 2.05) is 6.07 Å². The molecule has 2 aromatic heterocycles. The van der Waals surface area contributed by atoms with Gasteiger partial charge in [-0.2, -0.15) is 23.1 Å². The summed E-state index contributed by atoms with van der Waals surface area (Å²) in [6.07, 6.45) is 4.86. The second-order valence-corrected chi connectivity index (χ2v) is 15.0. The van der Waals surface area contributed by atoms with E-state index in [9.17, 15) is 13.2 Å². The van der Waals surface area contributed by atoms with Gasteiger partial charge in [-0.15, -0.1) is 6.42 Å². The van der Waals surface area contributed by atoms with Crippen molar-refractivity contribution in [2.24, 2.45) is 11.3 Å². The molecule has 13 heteroatoms. The molecule has 0 bridgehead atoms. The summed E-state index contributed by atoms with van der Waals surface area (Å²) >= 11 is 0. The minimum Gasteiger partial charge on any atom is -0.463 e. The van der Waals surface area contributed by atoms with Crippen molar-refractivity contribution >= 4 is 27.5 Å². The van der Waals surface area contributed by atoms with Crippen molar-refractivity contribution in [3.63, 3.8) is 0 Å². The molecule has 8 nitrogen and oxygen atoms in total. The van der Waals surface area contributed by atoms with Gasteiger partial charge in [0.2, 0.25) is 0 Å². The molecule has 0 unspecified atom stereocenters. The molecule has 8 rings (SSSR count). The van der Waals surface area contributed by atoms with Gasteiger partial charge in [0.05, 0.1) is 29.8 Å². The summed E-state index contributed by atoms with van der Waals surface area (Å²) in [5.41, 5.74) is 1.07. The van der Waals surface area contributed by atoms with Crippen LogP contribution in [-0.2, 0) is 6.42 Å². The van der Waals surface area contributed by atoms with Gasteiger partial charge in [-0.05, 0) is 43.1 Å². The molecule has 4 aliphatic rings. The number of aromatic nitrogens is 3. The summed E-state index contributed by atoms with van der Waals surface area (Å²) in [5, 5.41) is 5.31. The number of pyridine rings is 1. The molecule has 1 saturated carbocycles. The van der Waals surface area contributed by atoms with Gasteiger partial charge in [-0.1, -0.05) is 44.0 Å². The molecule has 2 aromatic carbocycles. The highest BCUT2D eigenvalue weighted by Gasteiger charge is 2.46. The Kier molecular flexibility index (Phi) is 8.99. The molecule has 0 radical (unpaired) electrons. The summed E-state index contributed by atoms with van der Waals surface area (Å²) in [5.74, 6) is 1.97. The zero-order chi connectivity index (χ0) is 36.4. The molecule has 3 aliphatic heterocycles. The van der Waals surface area contributed by atoms with Crippen molar-refractivity contribution in [3.8, 4) is 29.6 Å². The fourth-order valence-electron chi connectivity index (χ4n) is 8.69. The minimum atomic E-state index is -4.21. The Balaban J connectivity index is 1.18. The van der Waals surface area contributed by atoms with Crippen LogP contribution in [0.2, 0.25) is 0 Å². The summed E-state index contributed by atoms with van der Waals surface area (Å²) in [6.45, 7) is 7.69. The highest BCUT2D eigenvalue weighted by Crippen LogP contribution is 2.47. The van der Waals surface area contributed by atoms with E-state index in [2.05, 4.69) is 34.9 Å². The number of terminal acetylenes is 1. The molecule has 4 aromatic rings. The molecule has 2 saturated heterocycles. The lowest BCUT2D eigenvalue weighted by Gasteiger charge is -2.44. The van der Waals surface area contributed by atoms with E-state index in [0.717, 1.165) is 25.8 Å². The SMILES string of the molecule is C#Cc1c(F)ccc2cccc(-c3nc4c5c(nc(OCC6(CN7CCN(CC(F)(F)F)CC7)CC6)nc5c3F)N3CCN[C@@H](CC)[C@@H]3[C@@H](C)C4)c12. The maximum absolute atomic E-state index is 17.2. The first-order valence-corrected chi connectivity index (χ1v) is 18.2. The molecule has 52 heavy (non-hydrogen) atoms. The predicted octanol–water partition coefficient (Wildman–Crippen LogP) is 6.19. The van der Waals surface area contributed by atoms with Gasteiger partial charge >= 0.3 is 12.2 Å². The molecule has 3 atom stereocenters. The van der Waals surface area contributed by atoms with E-state index < -0.39 is 24.4 Å². The van der Waals surface area contributed by atoms with Gasteiger partial charge in [0.15, 0.2) is 5.82 Å². The van der Waals surface area contributed by atoms with Gasteiger partial charge in [-0.3, -0.25) is 4.90 Å². The van der Waals surface area contributed by atoms with Crippen molar-refractivity contribution in [3.05, 3.63) is 53.2 Å². The number of anilines is 1. The molecule has 274 valence electrons. The smallest absolute Gasteiger partial charge is 0.401 e. The number of fused-ring (bicyclic) bond motifs is 3. The van der Waals surface area contributed by atoms with E-state index >= 15 is 8.78 Å². The summed E-state index contributed by atoms with van der Waals surface area (Å²) < 4.78 is 77.4. The maximum atomic E-state index is 17.2. The van der Waals surface area contributed by atoms with Crippen molar-refractivity contribution in [1.29, 1.82) is 0 Å². The summed E-state index contributed by atoms with van der Waals surface area (Å²) in [7, 11) is 0. The lowest BCUT2D eigenvalue weighted by Crippen LogP contribution is -2.60. The predicted molar refractivity (Wildman–Crippen MR) is 190 cm³/mol. The Bertz CT molecular complexity index is 2050. The third kappa shape index (κ3) is 6.43. The number of nitrogens with one attached hydrogen (secondary N) is 1. The second kappa shape index (κ2) is 13.4. The monoisotopic (exact) mass is 719 g/mol. The Hall–Kier alpha value is -4.12. The van der Waals surface area contributed by atoms with E-state index in [1.54, 1.807) is 18.2 Å². The van der Waals surface area contributed by atoms with E-state index in [4.69, 9.17) is 26.1 Å². The number of rotatable bonds is 8. The quantitative estimate of drug-likeness (QED) is 0.171. The summed E-state index contributed by atoms with van der Waals surface area (Å²) in [4.78, 5) is 20.6. The molecule has 1 aliphatic carbocycles. The zero-order valence-corrected chi connectivity index (χ0v) is 29.4. The van der Waals surface area contributed by atoms with E-state index in [-0.39, 0.29) is 46.2 Å². The van der Waals surface area contributed by atoms with Crippen molar-refractivity contribution in [1.82, 2.24) is 30.1 Å². The van der Waals surface area contributed by atoms with Gasteiger partial charge < -0.3 is 19.9 Å². The topological polar surface area (TPSA) is 69.7 Å². The number of hydrogen-bond acceptors (Lipinski definition) is 8. The maximum Gasteiger partial charge on any atom is 0.401 e. The van der Waals surface area contributed by atoms with Crippen LogP contribution in [0, 0.1) is 35.3 Å². The Morgan fingerprint density at radius 1 is 1.00 bits per heavy atom. The molecule has 1 N–H and O–H groups in total. The van der Waals surface area contributed by atoms with Crippen molar-refractivity contribution < 1.29 is 26.7 Å². The molecule has 0 amide bonds. The minimum absolute atomic E-state index is 0.0476. The van der Waals surface area contributed by atoms with Gasteiger partial charge in [-0.25, -0.2) is 13.8 Å². The summed E-state index contributed by atoms with van der Waals surface area (Å²) in [6, 6.07) is 8.57. The van der Waals surface area contributed by atoms with E-state index in [1.165, 1.54) is 11.0 Å².